The average Bonchev–Trinajstić information content (AvgIpc) is 2.46. The summed E-state index contributed by atoms with van der Waals surface area (Å²) >= 11 is 0. The predicted molar refractivity (Wildman–Crippen MR) is 78.6 cm³/mol. The summed E-state index contributed by atoms with van der Waals surface area (Å²) < 4.78 is 0. The molecule has 4 heteroatoms. The average molecular weight is 269 g/mol. The third-order valence-corrected chi connectivity index (χ3v) is 3.20. The van der Waals surface area contributed by atoms with E-state index >= 15 is 0 Å². The number of nitrogens with zero attached hydrogens (tertiary/aromatic N) is 2. The van der Waals surface area contributed by atoms with Gasteiger partial charge in [-0.15, -0.1) is 0 Å². The molecule has 4 nitrogen and oxygen atoms in total. The normalized spacial score (nSPS) is 10.3. The predicted octanol–water partition coefficient (Wildman–Crippen LogP) is 2.46. The van der Waals surface area contributed by atoms with Gasteiger partial charge in [0.2, 0.25) is 0 Å². The van der Waals surface area contributed by atoms with Crippen molar-refractivity contribution in [2.24, 2.45) is 0 Å². The monoisotopic (exact) mass is 269 g/mol. The maximum absolute atomic E-state index is 11.8. The fourth-order valence-electron chi connectivity index (χ4n) is 2.11. The van der Waals surface area contributed by atoms with Crippen LogP contribution in [0.4, 0.5) is 0 Å². The Hall–Kier alpha value is -2.23. The van der Waals surface area contributed by atoms with Crippen molar-refractivity contribution >= 4 is 5.91 Å². The molecular weight excluding hydrogens is 250 g/mol. The number of hydrogen-bond acceptors (Lipinski definition) is 3. The largest absolute Gasteiger partial charge is 0.351 e. The van der Waals surface area contributed by atoms with E-state index < -0.39 is 0 Å². The third-order valence-electron chi connectivity index (χ3n) is 3.20. The van der Waals surface area contributed by atoms with Gasteiger partial charge in [-0.25, -0.2) is 4.98 Å². The van der Waals surface area contributed by atoms with Gasteiger partial charge in [-0.1, -0.05) is 23.8 Å². The van der Waals surface area contributed by atoms with E-state index in [0.717, 1.165) is 12.8 Å². The summed E-state index contributed by atoms with van der Waals surface area (Å²) in [6.07, 6.45) is 6.42. The summed E-state index contributed by atoms with van der Waals surface area (Å²) in [6.45, 7) is 4.86. The van der Waals surface area contributed by atoms with E-state index in [9.17, 15) is 4.79 Å². The minimum absolute atomic E-state index is 0.168. The molecule has 1 amide bonds. The highest BCUT2D eigenvalue weighted by Crippen LogP contribution is 2.12. The van der Waals surface area contributed by atoms with Gasteiger partial charge in [-0.2, -0.15) is 0 Å². The van der Waals surface area contributed by atoms with Crippen LogP contribution in [0.15, 0.2) is 36.8 Å². The van der Waals surface area contributed by atoms with Crippen LogP contribution in [0.2, 0.25) is 0 Å². The third kappa shape index (κ3) is 3.88. The molecule has 0 aliphatic carbocycles. The zero-order valence-corrected chi connectivity index (χ0v) is 11.9. The smallest absolute Gasteiger partial charge is 0.271 e. The van der Waals surface area contributed by atoms with Crippen LogP contribution in [-0.4, -0.2) is 22.4 Å². The minimum Gasteiger partial charge on any atom is -0.351 e. The second kappa shape index (κ2) is 6.80. The van der Waals surface area contributed by atoms with Crippen molar-refractivity contribution in [3.63, 3.8) is 0 Å². The Balaban J connectivity index is 1.78. The molecule has 0 fully saturated rings. The molecule has 2 rings (SSSR count). The van der Waals surface area contributed by atoms with Gasteiger partial charge in [0.25, 0.3) is 5.91 Å². The Morgan fingerprint density at radius 3 is 2.80 bits per heavy atom. The number of benzene rings is 1. The highest BCUT2D eigenvalue weighted by molar-refractivity contribution is 5.91. The molecule has 0 atom stereocenters. The SMILES string of the molecule is Cc1ccc(CCCNC(=O)c2cnccn2)c(C)c1. The molecule has 0 saturated heterocycles. The van der Waals surface area contributed by atoms with Crippen LogP contribution < -0.4 is 5.32 Å². The standard InChI is InChI=1S/C16H19N3O/c1-12-5-6-14(13(2)10-12)4-3-7-19-16(20)15-11-17-8-9-18-15/h5-6,8-11H,3-4,7H2,1-2H3,(H,19,20). The lowest BCUT2D eigenvalue weighted by Crippen LogP contribution is -2.25. The van der Waals surface area contributed by atoms with Crippen molar-refractivity contribution in [3.05, 3.63) is 59.2 Å². The van der Waals surface area contributed by atoms with Crippen molar-refractivity contribution in [2.45, 2.75) is 26.7 Å². The second-order valence-corrected chi connectivity index (χ2v) is 4.88. The first kappa shape index (κ1) is 14.2. The summed E-state index contributed by atoms with van der Waals surface area (Å²) in [4.78, 5) is 19.6. The highest BCUT2D eigenvalue weighted by Gasteiger charge is 2.05. The molecule has 0 unspecified atom stereocenters. The molecule has 0 spiro atoms. The number of aryl methyl sites for hydroxylation is 3. The van der Waals surface area contributed by atoms with Gasteiger partial charge in [-0.3, -0.25) is 9.78 Å². The van der Waals surface area contributed by atoms with Crippen LogP contribution in [0.25, 0.3) is 0 Å². The van der Waals surface area contributed by atoms with Crippen molar-refractivity contribution < 1.29 is 4.79 Å². The Labute approximate surface area is 119 Å². The minimum atomic E-state index is -0.168. The van der Waals surface area contributed by atoms with Gasteiger partial charge in [0.05, 0.1) is 6.20 Å². The first-order valence-corrected chi connectivity index (χ1v) is 6.77. The fraction of sp³-hybridized carbons (Fsp3) is 0.312. The van der Waals surface area contributed by atoms with Crippen LogP contribution in [-0.2, 0) is 6.42 Å². The number of nitrogens with one attached hydrogen (secondary N) is 1. The van der Waals surface area contributed by atoms with E-state index in [1.807, 2.05) is 0 Å². The van der Waals surface area contributed by atoms with E-state index in [2.05, 4.69) is 47.3 Å². The molecular formula is C16H19N3O. The Morgan fingerprint density at radius 2 is 2.10 bits per heavy atom. The van der Waals surface area contributed by atoms with Crippen LogP contribution >= 0.6 is 0 Å². The summed E-state index contributed by atoms with van der Waals surface area (Å²) in [5, 5.41) is 2.86. The maximum atomic E-state index is 11.8. The van der Waals surface area contributed by atoms with Gasteiger partial charge >= 0.3 is 0 Å². The molecule has 0 radical (unpaired) electrons. The summed E-state index contributed by atoms with van der Waals surface area (Å²) in [7, 11) is 0. The maximum Gasteiger partial charge on any atom is 0.271 e. The lowest BCUT2D eigenvalue weighted by atomic mass is 10.0. The Bertz CT molecular complexity index is 582. The second-order valence-electron chi connectivity index (χ2n) is 4.88. The first-order chi connectivity index (χ1) is 9.66. The first-order valence-electron chi connectivity index (χ1n) is 6.77. The highest BCUT2D eigenvalue weighted by atomic mass is 16.1. The summed E-state index contributed by atoms with van der Waals surface area (Å²) in [5.41, 5.74) is 4.29. The molecule has 0 aliphatic rings. The van der Waals surface area contributed by atoms with E-state index in [-0.39, 0.29) is 5.91 Å². The van der Waals surface area contributed by atoms with Crippen molar-refractivity contribution in [3.8, 4) is 0 Å². The molecule has 1 heterocycles. The molecule has 0 aliphatic heterocycles. The molecule has 104 valence electrons. The summed E-state index contributed by atoms with van der Waals surface area (Å²) in [5.74, 6) is -0.168. The van der Waals surface area contributed by atoms with E-state index in [1.54, 1.807) is 6.20 Å². The number of amides is 1. The number of carbonyl (C=O) groups is 1. The zero-order valence-electron chi connectivity index (χ0n) is 11.9. The van der Waals surface area contributed by atoms with Crippen molar-refractivity contribution in [2.75, 3.05) is 6.54 Å². The van der Waals surface area contributed by atoms with Crippen LogP contribution in [0.5, 0.6) is 0 Å². The number of carbonyl (C=O) groups excluding carboxylic acids is 1. The van der Waals surface area contributed by atoms with Gasteiger partial charge in [0.15, 0.2) is 0 Å². The van der Waals surface area contributed by atoms with E-state index in [4.69, 9.17) is 0 Å². The van der Waals surface area contributed by atoms with Gasteiger partial charge in [0, 0.05) is 18.9 Å². The van der Waals surface area contributed by atoms with Crippen LogP contribution in [0.1, 0.15) is 33.6 Å². The molecule has 1 aromatic heterocycles. The Morgan fingerprint density at radius 1 is 1.25 bits per heavy atom. The molecule has 2 aromatic rings. The van der Waals surface area contributed by atoms with Crippen molar-refractivity contribution in [1.82, 2.24) is 15.3 Å². The lowest BCUT2D eigenvalue weighted by molar-refractivity contribution is 0.0948. The van der Waals surface area contributed by atoms with Crippen LogP contribution in [0, 0.1) is 13.8 Å². The van der Waals surface area contributed by atoms with Gasteiger partial charge in [0.1, 0.15) is 5.69 Å². The van der Waals surface area contributed by atoms with E-state index in [0.29, 0.717) is 12.2 Å². The fourth-order valence-corrected chi connectivity index (χ4v) is 2.11. The molecule has 20 heavy (non-hydrogen) atoms. The zero-order chi connectivity index (χ0) is 14.4. The lowest BCUT2D eigenvalue weighted by Gasteiger charge is -2.07. The quantitative estimate of drug-likeness (QED) is 0.848. The molecule has 1 aromatic carbocycles. The van der Waals surface area contributed by atoms with Crippen molar-refractivity contribution in [1.29, 1.82) is 0 Å². The number of aromatic nitrogens is 2. The van der Waals surface area contributed by atoms with Gasteiger partial charge in [-0.05, 0) is 37.8 Å². The van der Waals surface area contributed by atoms with E-state index in [1.165, 1.54) is 29.1 Å². The molecule has 0 bridgehead atoms. The molecule has 1 N–H and O–H groups in total. The van der Waals surface area contributed by atoms with Gasteiger partial charge < -0.3 is 5.32 Å². The topological polar surface area (TPSA) is 54.9 Å². The summed E-state index contributed by atoms with van der Waals surface area (Å²) in [6, 6.07) is 6.48. The number of rotatable bonds is 5. The van der Waals surface area contributed by atoms with Crippen LogP contribution in [0.3, 0.4) is 0 Å². The number of hydrogen-bond donors (Lipinski definition) is 1. The Kier molecular flexibility index (Phi) is 4.82. The molecule has 0 saturated carbocycles.